The molecule has 2 aromatic carbocycles. The van der Waals surface area contributed by atoms with Gasteiger partial charge in [-0.1, -0.05) is 48.2 Å². The van der Waals surface area contributed by atoms with Crippen molar-refractivity contribution in [2.45, 2.75) is 11.2 Å². The van der Waals surface area contributed by atoms with Gasteiger partial charge in [-0.3, -0.25) is 4.79 Å². The Kier molecular flexibility index (Phi) is 4.89. The van der Waals surface area contributed by atoms with E-state index in [1.165, 1.54) is 6.07 Å². The number of thioether (sulfide) groups is 1. The van der Waals surface area contributed by atoms with Gasteiger partial charge in [-0.2, -0.15) is 13.2 Å². The summed E-state index contributed by atoms with van der Waals surface area (Å²) in [5.41, 5.74) is 0.812. The van der Waals surface area contributed by atoms with Crippen molar-refractivity contribution in [3.63, 3.8) is 0 Å². The molecule has 128 valence electrons. The van der Waals surface area contributed by atoms with Crippen LogP contribution in [-0.4, -0.2) is 21.6 Å². The van der Waals surface area contributed by atoms with Crippen LogP contribution in [0, 0.1) is 0 Å². The summed E-state index contributed by atoms with van der Waals surface area (Å²) in [6.45, 7) is 0. The molecule has 3 rings (SSSR count). The van der Waals surface area contributed by atoms with E-state index in [9.17, 15) is 18.0 Å². The second-order valence-electron chi connectivity index (χ2n) is 5.07. The van der Waals surface area contributed by atoms with Gasteiger partial charge in [0.1, 0.15) is 5.03 Å². The number of benzene rings is 2. The van der Waals surface area contributed by atoms with Crippen LogP contribution in [0.3, 0.4) is 0 Å². The van der Waals surface area contributed by atoms with Crippen molar-refractivity contribution < 1.29 is 18.0 Å². The number of fused-ring (bicyclic) bond motifs is 1. The van der Waals surface area contributed by atoms with Crippen LogP contribution >= 0.6 is 11.8 Å². The van der Waals surface area contributed by atoms with Gasteiger partial charge in [-0.05, 0) is 18.2 Å². The molecule has 0 radical (unpaired) electrons. The van der Waals surface area contributed by atoms with Crippen LogP contribution in [0.15, 0.2) is 59.6 Å². The number of para-hydroxylation sites is 2. The predicted octanol–water partition coefficient (Wildman–Crippen LogP) is 4.38. The lowest BCUT2D eigenvalue weighted by atomic mass is 10.2. The van der Waals surface area contributed by atoms with Gasteiger partial charge in [0.2, 0.25) is 11.7 Å². The first-order valence-electron chi connectivity index (χ1n) is 7.25. The third kappa shape index (κ3) is 4.27. The fourth-order valence-electron chi connectivity index (χ4n) is 2.14. The number of amides is 1. The molecular weight excluding hydrogens is 351 g/mol. The Bertz CT molecular complexity index is 901. The highest BCUT2D eigenvalue weighted by molar-refractivity contribution is 8.00. The van der Waals surface area contributed by atoms with Gasteiger partial charge in [0, 0.05) is 11.1 Å². The summed E-state index contributed by atoms with van der Waals surface area (Å²) in [6.07, 6.45) is -4.65. The first-order chi connectivity index (χ1) is 11.9. The van der Waals surface area contributed by atoms with Crippen molar-refractivity contribution in [2.24, 2.45) is 0 Å². The van der Waals surface area contributed by atoms with Gasteiger partial charge in [-0.15, -0.1) is 0 Å². The molecule has 0 saturated carbocycles. The van der Waals surface area contributed by atoms with Crippen LogP contribution in [0.25, 0.3) is 10.9 Å². The fourth-order valence-corrected chi connectivity index (χ4v) is 2.96. The highest BCUT2D eigenvalue weighted by Crippen LogP contribution is 2.32. The third-order valence-electron chi connectivity index (χ3n) is 3.22. The molecule has 0 spiro atoms. The molecule has 25 heavy (non-hydrogen) atoms. The number of nitrogens with zero attached hydrogens (tertiary/aromatic N) is 2. The van der Waals surface area contributed by atoms with E-state index in [0.29, 0.717) is 11.1 Å². The zero-order valence-corrected chi connectivity index (χ0v) is 13.6. The number of carbonyl (C=O) groups is 1. The van der Waals surface area contributed by atoms with Gasteiger partial charge in [0.15, 0.2) is 0 Å². The monoisotopic (exact) mass is 363 g/mol. The average Bonchev–Trinajstić information content (AvgIpc) is 2.59. The molecule has 1 aromatic heterocycles. The summed E-state index contributed by atoms with van der Waals surface area (Å²) in [5.74, 6) is -1.60. The van der Waals surface area contributed by atoms with E-state index in [0.717, 1.165) is 11.8 Å². The minimum Gasteiger partial charge on any atom is -0.325 e. The molecule has 0 bridgehead atoms. The normalized spacial score (nSPS) is 11.5. The molecule has 0 atom stereocenters. The number of carbonyl (C=O) groups excluding carboxylic acids is 1. The van der Waals surface area contributed by atoms with Gasteiger partial charge < -0.3 is 5.32 Å². The Labute approximate surface area is 145 Å². The number of anilines is 1. The Balaban J connectivity index is 1.81. The number of hydrogen-bond acceptors (Lipinski definition) is 4. The minimum absolute atomic E-state index is 0.0623. The zero-order valence-electron chi connectivity index (χ0n) is 12.7. The molecular formula is C17H12F3N3OS. The number of alkyl halides is 3. The van der Waals surface area contributed by atoms with Crippen LogP contribution in [0.4, 0.5) is 18.9 Å². The summed E-state index contributed by atoms with van der Waals surface area (Å²) in [7, 11) is 0. The Morgan fingerprint density at radius 1 is 1.00 bits per heavy atom. The first-order valence-corrected chi connectivity index (χ1v) is 8.24. The topological polar surface area (TPSA) is 54.9 Å². The largest absolute Gasteiger partial charge is 0.451 e. The molecule has 0 saturated heterocycles. The number of hydrogen-bond donors (Lipinski definition) is 1. The number of rotatable bonds is 4. The second kappa shape index (κ2) is 7.10. The molecule has 1 N–H and O–H groups in total. The Morgan fingerprint density at radius 2 is 1.68 bits per heavy atom. The third-order valence-corrected chi connectivity index (χ3v) is 4.21. The highest BCUT2D eigenvalue weighted by atomic mass is 32.2. The SMILES string of the molecule is O=C(CSc1nc(C(F)(F)F)nc2ccccc12)Nc1ccccc1. The number of nitrogens with one attached hydrogen (secondary N) is 1. The van der Waals surface area contributed by atoms with Crippen molar-refractivity contribution in [3.8, 4) is 0 Å². The lowest BCUT2D eigenvalue weighted by Crippen LogP contribution is -2.15. The summed E-state index contributed by atoms with van der Waals surface area (Å²) in [4.78, 5) is 19.2. The molecule has 3 aromatic rings. The zero-order chi connectivity index (χ0) is 17.9. The molecule has 4 nitrogen and oxygen atoms in total. The maximum Gasteiger partial charge on any atom is 0.451 e. The highest BCUT2D eigenvalue weighted by Gasteiger charge is 2.35. The van der Waals surface area contributed by atoms with Crippen LogP contribution in [0.2, 0.25) is 0 Å². The van der Waals surface area contributed by atoms with Crippen molar-refractivity contribution in [2.75, 3.05) is 11.1 Å². The minimum atomic E-state index is -4.65. The Hall–Kier alpha value is -2.61. The molecule has 0 aliphatic rings. The van der Waals surface area contributed by atoms with Crippen molar-refractivity contribution in [3.05, 3.63) is 60.4 Å². The Morgan fingerprint density at radius 3 is 2.40 bits per heavy atom. The predicted molar refractivity (Wildman–Crippen MR) is 90.3 cm³/mol. The van der Waals surface area contributed by atoms with Gasteiger partial charge in [0.25, 0.3) is 0 Å². The number of halogens is 3. The van der Waals surface area contributed by atoms with E-state index in [4.69, 9.17) is 0 Å². The summed E-state index contributed by atoms with van der Waals surface area (Å²) >= 11 is 0.944. The van der Waals surface area contributed by atoms with Crippen molar-refractivity contribution in [1.29, 1.82) is 0 Å². The van der Waals surface area contributed by atoms with E-state index >= 15 is 0 Å². The van der Waals surface area contributed by atoms with Crippen molar-refractivity contribution in [1.82, 2.24) is 9.97 Å². The molecule has 1 amide bonds. The van der Waals surface area contributed by atoms with Crippen LogP contribution in [0.5, 0.6) is 0 Å². The maximum atomic E-state index is 13.0. The lowest BCUT2D eigenvalue weighted by Gasteiger charge is -2.10. The number of aromatic nitrogens is 2. The second-order valence-corrected chi connectivity index (χ2v) is 6.03. The smallest absolute Gasteiger partial charge is 0.325 e. The molecule has 0 aliphatic heterocycles. The van der Waals surface area contributed by atoms with Gasteiger partial charge in [-0.25, -0.2) is 9.97 Å². The van der Waals surface area contributed by atoms with Gasteiger partial charge in [0.05, 0.1) is 11.3 Å². The van der Waals surface area contributed by atoms with E-state index in [1.807, 2.05) is 6.07 Å². The first kappa shape index (κ1) is 17.2. The van der Waals surface area contributed by atoms with Crippen molar-refractivity contribution >= 4 is 34.3 Å². The summed E-state index contributed by atoms with van der Waals surface area (Å²) in [5, 5.41) is 3.29. The average molecular weight is 363 g/mol. The van der Waals surface area contributed by atoms with E-state index in [2.05, 4.69) is 15.3 Å². The van der Waals surface area contributed by atoms with Crippen LogP contribution in [0.1, 0.15) is 5.82 Å². The van der Waals surface area contributed by atoms with Gasteiger partial charge >= 0.3 is 6.18 Å². The molecule has 0 aliphatic carbocycles. The maximum absolute atomic E-state index is 13.0. The molecule has 8 heteroatoms. The molecule has 0 unspecified atom stereocenters. The quantitative estimate of drug-likeness (QED) is 0.552. The van der Waals surface area contributed by atoms with E-state index in [-0.39, 0.29) is 22.2 Å². The lowest BCUT2D eigenvalue weighted by molar-refractivity contribution is -0.145. The molecule has 0 fully saturated rings. The fraction of sp³-hybridized carbons (Fsp3) is 0.118. The van der Waals surface area contributed by atoms with E-state index < -0.39 is 12.0 Å². The summed E-state index contributed by atoms with van der Waals surface area (Å²) in [6, 6.07) is 15.2. The summed E-state index contributed by atoms with van der Waals surface area (Å²) < 4.78 is 38.9. The molecule has 1 heterocycles. The van der Waals surface area contributed by atoms with Crippen LogP contribution < -0.4 is 5.32 Å². The van der Waals surface area contributed by atoms with Crippen LogP contribution in [-0.2, 0) is 11.0 Å². The van der Waals surface area contributed by atoms with E-state index in [1.54, 1.807) is 42.5 Å². The standard InChI is InChI=1S/C17H12F3N3OS/c18-17(19,20)16-22-13-9-5-4-8-12(13)15(23-16)25-10-14(24)21-11-6-2-1-3-7-11/h1-9H,10H2,(H,21,24).